The molecule has 0 amide bonds. The van der Waals surface area contributed by atoms with E-state index in [-0.39, 0.29) is 5.82 Å². The Hall–Kier alpha value is -0.750. The van der Waals surface area contributed by atoms with Gasteiger partial charge in [0.1, 0.15) is 16.8 Å². The van der Waals surface area contributed by atoms with E-state index < -0.39 is 0 Å². The lowest BCUT2D eigenvalue weighted by molar-refractivity contribution is 0.627. The molecule has 0 atom stereocenters. The molecule has 0 aliphatic heterocycles. The molecule has 0 spiro atoms. The number of aromatic nitrogens is 2. The van der Waals surface area contributed by atoms with Crippen molar-refractivity contribution >= 4 is 34.2 Å². The van der Waals surface area contributed by atoms with Gasteiger partial charge >= 0.3 is 0 Å². The molecule has 82 valence electrons. The molecule has 0 aliphatic carbocycles. The van der Waals surface area contributed by atoms with Crippen molar-refractivity contribution in [1.29, 1.82) is 0 Å². The van der Waals surface area contributed by atoms with Gasteiger partial charge in [-0.2, -0.15) is 0 Å². The predicted molar refractivity (Wildman–Crippen MR) is 69.0 cm³/mol. The summed E-state index contributed by atoms with van der Waals surface area (Å²) in [6.45, 7) is 0. The molecule has 0 N–H and O–H groups in total. The number of hydrogen-bond acceptors (Lipinski definition) is 2. The molecule has 2 nitrogen and oxygen atoms in total. The highest BCUT2D eigenvalue weighted by Crippen LogP contribution is 2.15. The summed E-state index contributed by atoms with van der Waals surface area (Å²) in [4.78, 5) is 8.30. The van der Waals surface area contributed by atoms with Gasteiger partial charge in [-0.25, -0.2) is 14.4 Å². The standard InChI is InChI=1S/C11H7ClFIN2/c12-11-9(14)6-15-10(16-11)5-7-1-3-8(13)4-2-7/h1-4,6H,5H2. The second-order valence-electron chi connectivity index (χ2n) is 3.23. The Balaban J connectivity index is 2.20. The van der Waals surface area contributed by atoms with Gasteiger partial charge in [0.05, 0.1) is 3.57 Å². The molecular weight excluding hydrogens is 341 g/mol. The summed E-state index contributed by atoms with van der Waals surface area (Å²) < 4.78 is 13.5. The van der Waals surface area contributed by atoms with Crippen molar-refractivity contribution < 1.29 is 4.39 Å². The highest BCUT2D eigenvalue weighted by atomic mass is 127. The van der Waals surface area contributed by atoms with E-state index in [1.54, 1.807) is 18.3 Å². The van der Waals surface area contributed by atoms with E-state index in [4.69, 9.17) is 11.6 Å². The molecule has 16 heavy (non-hydrogen) atoms. The maximum Gasteiger partial charge on any atom is 0.146 e. The minimum Gasteiger partial charge on any atom is -0.240 e. The van der Waals surface area contributed by atoms with Crippen molar-refractivity contribution in [2.24, 2.45) is 0 Å². The molecule has 0 unspecified atom stereocenters. The van der Waals surface area contributed by atoms with E-state index in [0.29, 0.717) is 17.4 Å². The monoisotopic (exact) mass is 348 g/mol. The van der Waals surface area contributed by atoms with Crippen LogP contribution in [-0.4, -0.2) is 9.97 Å². The van der Waals surface area contributed by atoms with Crippen LogP contribution in [0, 0.1) is 9.39 Å². The fourth-order valence-electron chi connectivity index (χ4n) is 1.25. The molecule has 1 aromatic carbocycles. The fraction of sp³-hybridized carbons (Fsp3) is 0.0909. The highest BCUT2D eigenvalue weighted by molar-refractivity contribution is 14.1. The van der Waals surface area contributed by atoms with Gasteiger partial charge in [0, 0.05) is 12.6 Å². The molecule has 0 fully saturated rings. The summed E-state index contributed by atoms with van der Waals surface area (Å²) in [6.07, 6.45) is 2.23. The molecule has 0 saturated carbocycles. The van der Waals surface area contributed by atoms with Gasteiger partial charge in [-0.05, 0) is 40.3 Å². The summed E-state index contributed by atoms with van der Waals surface area (Å²) in [7, 11) is 0. The van der Waals surface area contributed by atoms with Crippen LogP contribution >= 0.6 is 34.2 Å². The van der Waals surface area contributed by atoms with Gasteiger partial charge in [-0.1, -0.05) is 23.7 Å². The first-order valence-electron chi connectivity index (χ1n) is 4.56. The molecule has 2 aromatic rings. The van der Waals surface area contributed by atoms with Gasteiger partial charge in [0.2, 0.25) is 0 Å². The smallest absolute Gasteiger partial charge is 0.146 e. The van der Waals surface area contributed by atoms with Gasteiger partial charge in [-0.15, -0.1) is 0 Å². The molecule has 2 rings (SSSR count). The lowest BCUT2D eigenvalue weighted by Crippen LogP contribution is -1.97. The van der Waals surface area contributed by atoms with Gasteiger partial charge < -0.3 is 0 Å². The van der Waals surface area contributed by atoms with E-state index in [1.807, 2.05) is 0 Å². The third kappa shape index (κ3) is 2.89. The summed E-state index contributed by atoms with van der Waals surface area (Å²) in [5.41, 5.74) is 0.957. The molecule has 0 radical (unpaired) electrons. The molecule has 0 saturated heterocycles. The van der Waals surface area contributed by atoms with Crippen molar-refractivity contribution in [3.63, 3.8) is 0 Å². The summed E-state index contributed by atoms with van der Waals surface area (Å²) in [5, 5.41) is 0.452. The molecular formula is C11H7ClFIN2. The summed E-state index contributed by atoms with van der Waals surface area (Å²) in [5.74, 6) is 0.391. The second kappa shape index (κ2) is 5.05. The second-order valence-corrected chi connectivity index (χ2v) is 4.75. The zero-order chi connectivity index (χ0) is 11.5. The zero-order valence-corrected chi connectivity index (χ0v) is 11.0. The lowest BCUT2D eigenvalue weighted by atomic mass is 10.1. The first-order chi connectivity index (χ1) is 7.65. The SMILES string of the molecule is Fc1ccc(Cc2ncc(I)c(Cl)n2)cc1. The maximum atomic E-state index is 12.7. The van der Waals surface area contributed by atoms with Crippen LogP contribution in [0.25, 0.3) is 0 Å². The average molecular weight is 349 g/mol. The summed E-state index contributed by atoms with van der Waals surface area (Å²) >= 11 is 7.96. The molecule has 5 heteroatoms. The minimum absolute atomic E-state index is 0.245. The van der Waals surface area contributed by atoms with E-state index in [9.17, 15) is 4.39 Å². The van der Waals surface area contributed by atoms with Crippen LogP contribution in [0.15, 0.2) is 30.5 Å². The van der Waals surface area contributed by atoms with Crippen LogP contribution in [0.3, 0.4) is 0 Å². The first-order valence-corrected chi connectivity index (χ1v) is 6.02. The number of rotatable bonds is 2. The van der Waals surface area contributed by atoms with Crippen LogP contribution in [0.4, 0.5) is 4.39 Å². The number of halogens is 3. The lowest BCUT2D eigenvalue weighted by Gasteiger charge is -2.01. The Morgan fingerprint density at radius 2 is 1.94 bits per heavy atom. The topological polar surface area (TPSA) is 25.8 Å². The third-order valence-electron chi connectivity index (χ3n) is 2.03. The summed E-state index contributed by atoms with van der Waals surface area (Å²) in [6, 6.07) is 6.27. The van der Waals surface area contributed by atoms with Crippen molar-refractivity contribution in [2.45, 2.75) is 6.42 Å². The third-order valence-corrected chi connectivity index (χ3v) is 3.42. The first kappa shape index (κ1) is 11.7. The van der Waals surface area contributed by atoms with Crippen LogP contribution in [0.2, 0.25) is 5.15 Å². The Kier molecular flexibility index (Phi) is 3.70. The Morgan fingerprint density at radius 3 is 2.56 bits per heavy atom. The van der Waals surface area contributed by atoms with Gasteiger partial charge in [0.25, 0.3) is 0 Å². The van der Waals surface area contributed by atoms with Crippen LogP contribution in [0.5, 0.6) is 0 Å². The Bertz CT molecular complexity index is 502. The fourth-order valence-corrected chi connectivity index (χ4v) is 1.66. The van der Waals surface area contributed by atoms with E-state index in [0.717, 1.165) is 9.13 Å². The van der Waals surface area contributed by atoms with Crippen LogP contribution in [-0.2, 0) is 6.42 Å². The molecule has 1 heterocycles. The van der Waals surface area contributed by atoms with Crippen LogP contribution < -0.4 is 0 Å². The van der Waals surface area contributed by atoms with Gasteiger partial charge in [-0.3, -0.25) is 0 Å². The van der Waals surface area contributed by atoms with Crippen molar-refractivity contribution in [1.82, 2.24) is 9.97 Å². The normalized spacial score (nSPS) is 10.4. The Morgan fingerprint density at radius 1 is 1.25 bits per heavy atom. The van der Waals surface area contributed by atoms with E-state index in [1.165, 1.54) is 12.1 Å². The van der Waals surface area contributed by atoms with Gasteiger partial charge in [0.15, 0.2) is 0 Å². The van der Waals surface area contributed by atoms with E-state index >= 15 is 0 Å². The molecule has 1 aromatic heterocycles. The van der Waals surface area contributed by atoms with Crippen molar-refractivity contribution in [3.8, 4) is 0 Å². The number of benzene rings is 1. The zero-order valence-electron chi connectivity index (χ0n) is 8.12. The largest absolute Gasteiger partial charge is 0.240 e. The minimum atomic E-state index is -0.245. The van der Waals surface area contributed by atoms with Crippen molar-refractivity contribution in [3.05, 3.63) is 56.4 Å². The number of nitrogens with zero attached hydrogens (tertiary/aromatic N) is 2. The highest BCUT2D eigenvalue weighted by Gasteiger charge is 2.03. The molecule has 0 bridgehead atoms. The molecule has 0 aliphatic rings. The average Bonchev–Trinajstić information content (AvgIpc) is 2.27. The van der Waals surface area contributed by atoms with Crippen molar-refractivity contribution in [2.75, 3.05) is 0 Å². The quantitative estimate of drug-likeness (QED) is 0.613. The predicted octanol–water partition coefficient (Wildman–Crippen LogP) is 3.46. The maximum absolute atomic E-state index is 12.7. The Labute approximate surface area is 111 Å². The van der Waals surface area contributed by atoms with E-state index in [2.05, 4.69) is 32.6 Å². The van der Waals surface area contributed by atoms with Crippen LogP contribution in [0.1, 0.15) is 11.4 Å². The number of hydrogen-bond donors (Lipinski definition) is 0.